The second-order valence-electron chi connectivity index (χ2n) is 5.26. The maximum Gasteiger partial charge on any atom is 0.166 e. The van der Waals surface area contributed by atoms with Crippen LogP contribution >= 0.6 is 0 Å². The molecule has 0 spiro atoms. The van der Waals surface area contributed by atoms with E-state index in [1.165, 1.54) is 0 Å². The summed E-state index contributed by atoms with van der Waals surface area (Å²) >= 11 is 0. The lowest BCUT2D eigenvalue weighted by Crippen LogP contribution is -2.50. The van der Waals surface area contributed by atoms with E-state index in [2.05, 4.69) is 48.0 Å². The molecule has 3 heteroatoms. The van der Waals surface area contributed by atoms with Crippen LogP contribution in [0.2, 0.25) is 0 Å². The summed E-state index contributed by atoms with van der Waals surface area (Å²) in [6, 6.07) is 0.0757. The average molecular weight is 248 g/mol. The first-order valence-electron chi connectivity index (χ1n) is 7.02. The summed E-state index contributed by atoms with van der Waals surface area (Å²) < 4.78 is 0. The highest BCUT2D eigenvalue weighted by molar-refractivity contribution is 5.88. The molecule has 0 aromatic carbocycles. The maximum absolute atomic E-state index is 12.5. The van der Waals surface area contributed by atoms with E-state index < -0.39 is 0 Å². The Morgan fingerprint density at radius 2 is 1.33 bits per heavy atom. The molecule has 0 bridgehead atoms. The SMILES string of the molecule is CC(C(=O)C(C)N1CC=CCC1)N1CC=CCC1. The lowest BCUT2D eigenvalue weighted by Gasteiger charge is -2.34. The van der Waals surface area contributed by atoms with E-state index in [-0.39, 0.29) is 12.1 Å². The summed E-state index contributed by atoms with van der Waals surface area (Å²) in [5, 5.41) is 0. The van der Waals surface area contributed by atoms with Crippen molar-refractivity contribution in [3.8, 4) is 0 Å². The predicted molar refractivity (Wildman–Crippen MR) is 74.6 cm³/mol. The van der Waals surface area contributed by atoms with E-state index in [1.807, 2.05) is 0 Å². The third-order valence-electron chi connectivity index (χ3n) is 4.10. The molecule has 0 saturated carbocycles. The van der Waals surface area contributed by atoms with Gasteiger partial charge in [-0.05, 0) is 26.7 Å². The number of nitrogens with zero attached hydrogens (tertiary/aromatic N) is 2. The number of ketones is 1. The van der Waals surface area contributed by atoms with Crippen molar-refractivity contribution in [1.82, 2.24) is 9.80 Å². The summed E-state index contributed by atoms with van der Waals surface area (Å²) in [5.41, 5.74) is 0. The minimum Gasteiger partial charge on any atom is -0.296 e. The van der Waals surface area contributed by atoms with Gasteiger partial charge in [0.1, 0.15) is 0 Å². The van der Waals surface area contributed by atoms with Gasteiger partial charge >= 0.3 is 0 Å². The van der Waals surface area contributed by atoms with Gasteiger partial charge in [0.15, 0.2) is 5.78 Å². The van der Waals surface area contributed by atoms with Crippen LogP contribution in [-0.2, 0) is 4.79 Å². The second-order valence-corrected chi connectivity index (χ2v) is 5.26. The van der Waals surface area contributed by atoms with Crippen molar-refractivity contribution < 1.29 is 4.79 Å². The van der Waals surface area contributed by atoms with Gasteiger partial charge in [0.2, 0.25) is 0 Å². The van der Waals surface area contributed by atoms with E-state index in [1.54, 1.807) is 0 Å². The van der Waals surface area contributed by atoms with Crippen LogP contribution < -0.4 is 0 Å². The topological polar surface area (TPSA) is 23.6 Å². The molecule has 0 saturated heterocycles. The van der Waals surface area contributed by atoms with E-state index in [0.29, 0.717) is 5.78 Å². The van der Waals surface area contributed by atoms with Crippen LogP contribution in [0, 0.1) is 0 Å². The molecular weight excluding hydrogens is 224 g/mol. The molecule has 2 atom stereocenters. The van der Waals surface area contributed by atoms with Crippen molar-refractivity contribution in [2.24, 2.45) is 0 Å². The second kappa shape index (κ2) is 6.30. The zero-order chi connectivity index (χ0) is 13.0. The molecule has 2 aliphatic rings. The van der Waals surface area contributed by atoms with Gasteiger partial charge < -0.3 is 0 Å². The summed E-state index contributed by atoms with van der Waals surface area (Å²) in [7, 11) is 0. The number of rotatable bonds is 4. The van der Waals surface area contributed by atoms with Gasteiger partial charge in [0.05, 0.1) is 12.1 Å². The normalized spacial score (nSPS) is 25.0. The Labute approximate surface area is 110 Å². The van der Waals surface area contributed by atoms with Gasteiger partial charge in [-0.15, -0.1) is 0 Å². The number of hydrogen-bond acceptors (Lipinski definition) is 3. The first-order valence-corrected chi connectivity index (χ1v) is 7.02. The van der Waals surface area contributed by atoms with Crippen molar-refractivity contribution in [3.63, 3.8) is 0 Å². The molecule has 0 radical (unpaired) electrons. The molecular formula is C15H24N2O. The Morgan fingerprint density at radius 1 is 0.889 bits per heavy atom. The highest BCUT2D eigenvalue weighted by Crippen LogP contribution is 2.13. The molecule has 0 N–H and O–H groups in total. The van der Waals surface area contributed by atoms with Gasteiger partial charge in [-0.3, -0.25) is 14.6 Å². The van der Waals surface area contributed by atoms with Crippen LogP contribution in [0.15, 0.2) is 24.3 Å². The van der Waals surface area contributed by atoms with Crippen LogP contribution in [0.3, 0.4) is 0 Å². The quantitative estimate of drug-likeness (QED) is 0.710. The lowest BCUT2D eigenvalue weighted by atomic mass is 10.0. The van der Waals surface area contributed by atoms with Crippen molar-refractivity contribution in [1.29, 1.82) is 0 Å². The zero-order valence-corrected chi connectivity index (χ0v) is 11.5. The summed E-state index contributed by atoms with van der Waals surface area (Å²) in [5.74, 6) is 0.362. The summed E-state index contributed by atoms with van der Waals surface area (Å²) in [6.45, 7) is 7.96. The molecule has 0 fully saturated rings. The van der Waals surface area contributed by atoms with Gasteiger partial charge in [0, 0.05) is 26.2 Å². The largest absolute Gasteiger partial charge is 0.296 e. The Hall–Kier alpha value is -0.930. The molecule has 0 aromatic rings. The fourth-order valence-electron chi connectivity index (χ4n) is 2.73. The van der Waals surface area contributed by atoms with Crippen molar-refractivity contribution in [2.45, 2.75) is 38.8 Å². The molecule has 2 unspecified atom stereocenters. The number of Topliss-reactive ketones (excluding diaryl/α,β-unsaturated/α-hetero) is 1. The van der Waals surface area contributed by atoms with E-state index in [4.69, 9.17) is 0 Å². The number of carbonyl (C=O) groups is 1. The van der Waals surface area contributed by atoms with Gasteiger partial charge in [-0.2, -0.15) is 0 Å². The Kier molecular flexibility index (Phi) is 4.72. The van der Waals surface area contributed by atoms with Crippen LogP contribution in [0.1, 0.15) is 26.7 Å². The standard InChI is InChI=1S/C15H24N2O/c1-13(16-9-5-3-6-10-16)15(18)14(2)17-11-7-4-8-12-17/h3-5,7,13-14H,6,8-12H2,1-2H3. The number of hydrogen-bond donors (Lipinski definition) is 0. The monoisotopic (exact) mass is 248 g/mol. The first kappa shape index (κ1) is 13.5. The molecule has 0 amide bonds. The van der Waals surface area contributed by atoms with Crippen LogP contribution in [0.5, 0.6) is 0 Å². The van der Waals surface area contributed by atoms with Gasteiger partial charge in [0.25, 0.3) is 0 Å². The fraction of sp³-hybridized carbons (Fsp3) is 0.667. The minimum absolute atomic E-state index is 0.0378. The molecule has 2 heterocycles. The van der Waals surface area contributed by atoms with Gasteiger partial charge in [-0.1, -0.05) is 24.3 Å². The molecule has 3 nitrogen and oxygen atoms in total. The van der Waals surface area contributed by atoms with Crippen molar-refractivity contribution in [2.75, 3.05) is 26.2 Å². The minimum atomic E-state index is 0.0378. The van der Waals surface area contributed by atoms with Crippen molar-refractivity contribution in [3.05, 3.63) is 24.3 Å². The van der Waals surface area contributed by atoms with E-state index in [0.717, 1.165) is 39.0 Å². The molecule has 0 aliphatic carbocycles. The highest BCUT2D eigenvalue weighted by atomic mass is 16.1. The van der Waals surface area contributed by atoms with Crippen LogP contribution in [0.25, 0.3) is 0 Å². The lowest BCUT2D eigenvalue weighted by molar-refractivity contribution is -0.128. The molecule has 2 rings (SSSR count). The maximum atomic E-state index is 12.5. The molecule has 100 valence electrons. The fourth-order valence-corrected chi connectivity index (χ4v) is 2.73. The molecule has 0 aromatic heterocycles. The first-order chi connectivity index (χ1) is 8.70. The Bertz CT molecular complexity index is 316. The third kappa shape index (κ3) is 3.09. The smallest absolute Gasteiger partial charge is 0.166 e. The predicted octanol–water partition coefficient (Wildman–Crippen LogP) is 1.86. The highest BCUT2D eigenvalue weighted by Gasteiger charge is 2.28. The van der Waals surface area contributed by atoms with E-state index >= 15 is 0 Å². The molecule has 18 heavy (non-hydrogen) atoms. The summed E-state index contributed by atoms with van der Waals surface area (Å²) in [6.07, 6.45) is 10.9. The summed E-state index contributed by atoms with van der Waals surface area (Å²) in [4.78, 5) is 17.1. The van der Waals surface area contributed by atoms with Gasteiger partial charge in [-0.25, -0.2) is 0 Å². The average Bonchev–Trinajstić information content (AvgIpc) is 2.47. The molecule has 2 aliphatic heterocycles. The van der Waals surface area contributed by atoms with Crippen molar-refractivity contribution >= 4 is 5.78 Å². The van der Waals surface area contributed by atoms with Crippen LogP contribution in [-0.4, -0.2) is 53.8 Å². The van der Waals surface area contributed by atoms with E-state index in [9.17, 15) is 4.79 Å². The third-order valence-corrected chi connectivity index (χ3v) is 4.10. The zero-order valence-electron chi connectivity index (χ0n) is 11.5. The Morgan fingerprint density at radius 3 is 1.67 bits per heavy atom. The Balaban J connectivity index is 1.92. The number of carbonyl (C=O) groups excluding carboxylic acids is 1. The van der Waals surface area contributed by atoms with Crippen LogP contribution in [0.4, 0.5) is 0 Å².